The van der Waals surface area contributed by atoms with Crippen LogP contribution in [0.5, 0.6) is 0 Å². The first-order chi connectivity index (χ1) is 24.3. The number of benzene rings is 1. The van der Waals surface area contributed by atoms with Gasteiger partial charge in [-0.1, -0.05) is 45.4 Å². The first-order valence-electron chi connectivity index (χ1n) is 19.8. The predicted molar refractivity (Wildman–Crippen MR) is 183 cm³/mol. The summed E-state index contributed by atoms with van der Waals surface area (Å²) in [5, 5.41) is 2.97. The summed E-state index contributed by atoms with van der Waals surface area (Å²) in [5.41, 5.74) is 0.402. The Morgan fingerprint density at radius 1 is 0.745 bits per heavy atom. The molecule has 1 aromatic rings. The number of ether oxygens (including phenoxy) is 5. The molecule has 2 saturated carbocycles. The fourth-order valence-electron chi connectivity index (χ4n) is 12.0. The number of amides is 1. The summed E-state index contributed by atoms with van der Waals surface area (Å²) in [7, 11) is 0. The number of hydrogen-bond donors (Lipinski definition) is 1. The zero-order valence-corrected chi connectivity index (χ0v) is 31.3. The second-order valence-electron chi connectivity index (χ2n) is 18.0. The van der Waals surface area contributed by atoms with Crippen molar-refractivity contribution in [1.82, 2.24) is 0 Å². The Hall–Kier alpha value is -1.83. The summed E-state index contributed by atoms with van der Waals surface area (Å²) in [6, 6.07) is 7.72. The van der Waals surface area contributed by atoms with Gasteiger partial charge in [0.1, 0.15) is 12.2 Å². The van der Waals surface area contributed by atoms with Crippen molar-refractivity contribution in [2.45, 2.75) is 160 Å². The van der Waals surface area contributed by atoms with Gasteiger partial charge in [0.2, 0.25) is 11.6 Å². The normalized spacial score (nSPS) is 51.7. The van der Waals surface area contributed by atoms with E-state index in [0.717, 1.165) is 56.9 Å². The van der Waals surface area contributed by atoms with Gasteiger partial charge < -0.3 is 23.7 Å². The maximum Gasteiger partial charge on any atom is 0.411 e. The first-order valence-corrected chi connectivity index (χ1v) is 19.8. The molecule has 17 atom stereocenters. The maximum absolute atomic E-state index is 13.8. The average molecular weight is 712 g/mol. The van der Waals surface area contributed by atoms with Crippen molar-refractivity contribution < 1.29 is 48.0 Å². The van der Waals surface area contributed by atoms with Crippen molar-refractivity contribution in [2.24, 2.45) is 47.3 Å². The molecule has 1 aromatic carbocycles. The van der Waals surface area contributed by atoms with Crippen molar-refractivity contribution in [3.05, 3.63) is 29.8 Å². The molecule has 10 fully saturated rings. The average Bonchev–Trinajstić information content (AvgIpc) is 3.47. The second kappa shape index (κ2) is 12.3. The Bertz CT molecular complexity index is 1490. The smallest absolute Gasteiger partial charge is 0.411 e. The van der Waals surface area contributed by atoms with E-state index in [0.29, 0.717) is 23.9 Å². The Morgan fingerprint density at radius 2 is 1.29 bits per heavy atom. The van der Waals surface area contributed by atoms with E-state index < -0.39 is 53.7 Å². The molecule has 11 nitrogen and oxygen atoms in total. The highest BCUT2D eigenvalue weighted by Crippen LogP contribution is 2.63. The van der Waals surface area contributed by atoms with E-state index in [1.165, 1.54) is 0 Å². The Balaban J connectivity index is 1.04. The summed E-state index contributed by atoms with van der Waals surface area (Å²) >= 11 is 0. The topological polar surface area (TPSA) is 112 Å². The molecule has 0 radical (unpaired) electrons. The van der Waals surface area contributed by atoms with Crippen LogP contribution in [0.3, 0.4) is 0 Å². The largest absolute Gasteiger partial charge is 0.443 e. The van der Waals surface area contributed by atoms with E-state index in [1.807, 2.05) is 45.0 Å². The Morgan fingerprint density at radius 3 is 1.88 bits per heavy atom. The van der Waals surface area contributed by atoms with E-state index in [9.17, 15) is 4.79 Å². The zero-order valence-electron chi connectivity index (χ0n) is 31.3. The van der Waals surface area contributed by atoms with Gasteiger partial charge in [-0.05, 0) is 107 Å². The summed E-state index contributed by atoms with van der Waals surface area (Å²) in [6.45, 7) is 15.0. The van der Waals surface area contributed by atoms with E-state index in [1.54, 1.807) is 0 Å². The van der Waals surface area contributed by atoms with Gasteiger partial charge in [0.25, 0.3) is 0 Å². The number of aryl methyl sites for hydroxylation is 1. The zero-order chi connectivity index (χ0) is 35.5. The predicted octanol–water partition coefficient (Wildman–Crippen LogP) is 7.80. The van der Waals surface area contributed by atoms with Gasteiger partial charge in [-0.15, -0.1) is 0 Å². The van der Waals surface area contributed by atoms with E-state index >= 15 is 0 Å². The van der Waals surface area contributed by atoms with Crippen LogP contribution in [0.1, 0.15) is 105 Å². The highest BCUT2D eigenvalue weighted by Gasteiger charge is 2.72. The minimum atomic E-state index is -0.903. The summed E-state index contributed by atoms with van der Waals surface area (Å²) < 4.78 is 34.0. The fourth-order valence-corrected chi connectivity index (χ4v) is 12.0. The molecule has 2 spiro atoms. The van der Waals surface area contributed by atoms with Crippen LogP contribution >= 0.6 is 0 Å². The maximum atomic E-state index is 13.8. The number of hydrogen-bond acceptors (Lipinski definition) is 10. The van der Waals surface area contributed by atoms with Gasteiger partial charge in [0.15, 0.2) is 23.8 Å². The molecule has 1 unspecified atom stereocenters. The highest BCUT2D eigenvalue weighted by molar-refractivity contribution is 5.84. The molecule has 11 rings (SSSR count). The Kier molecular flexibility index (Phi) is 8.45. The lowest BCUT2D eigenvalue weighted by Crippen LogP contribution is -2.72. The highest BCUT2D eigenvalue weighted by atomic mass is 17.3. The Labute approximate surface area is 301 Å². The lowest BCUT2D eigenvalue weighted by atomic mass is 9.56. The van der Waals surface area contributed by atoms with Crippen molar-refractivity contribution in [3.63, 3.8) is 0 Å². The molecule has 0 aromatic heterocycles. The van der Waals surface area contributed by atoms with Gasteiger partial charge >= 0.3 is 6.09 Å². The molecule has 51 heavy (non-hydrogen) atoms. The third kappa shape index (κ3) is 5.38. The third-order valence-electron chi connectivity index (χ3n) is 14.9. The number of carbonyl (C=O) groups is 1. The molecule has 8 aliphatic heterocycles. The molecule has 8 saturated heterocycles. The molecule has 1 amide bonds. The van der Waals surface area contributed by atoms with Crippen molar-refractivity contribution >= 4 is 11.8 Å². The molecule has 11 heteroatoms. The van der Waals surface area contributed by atoms with Crippen LogP contribution in [0.15, 0.2) is 24.3 Å². The van der Waals surface area contributed by atoms with Gasteiger partial charge in [0, 0.05) is 36.8 Å². The summed E-state index contributed by atoms with van der Waals surface area (Å²) in [6.07, 6.45) is 4.84. The van der Waals surface area contributed by atoms with E-state index in [-0.39, 0.29) is 41.6 Å². The third-order valence-corrected chi connectivity index (χ3v) is 14.9. The van der Waals surface area contributed by atoms with Crippen molar-refractivity contribution in [1.29, 1.82) is 0 Å². The number of anilines is 1. The number of carbonyl (C=O) groups excluding carboxylic acids is 1. The van der Waals surface area contributed by atoms with Crippen LogP contribution in [-0.4, -0.2) is 59.8 Å². The van der Waals surface area contributed by atoms with Gasteiger partial charge in [-0.25, -0.2) is 24.3 Å². The molecule has 8 heterocycles. The van der Waals surface area contributed by atoms with Crippen molar-refractivity contribution in [2.75, 3.05) is 5.32 Å². The number of nitrogens with one attached hydrogen (secondary N) is 1. The number of fused-ring (bicyclic) bond motifs is 4. The van der Waals surface area contributed by atoms with Crippen molar-refractivity contribution in [3.8, 4) is 0 Å². The molecular formula is C40H57NO10. The summed E-state index contributed by atoms with van der Waals surface area (Å²) in [4.78, 5) is 38.9. The second-order valence-corrected chi connectivity index (χ2v) is 18.0. The van der Waals surface area contributed by atoms with Crippen LogP contribution < -0.4 is 5.32 Å². The van der Waals surface area contributed by atoms with Crippen LogP contribution in [0.4, 0.5) is 10.5 Å². The quantitative estimate of drug-likeness (QED) is 0.304. The lowest BCUT2D eigenvalue weighted by Gasteiger charge is -2.62. The van der Waals surface area contributed by atoms with Crippen LogP contribution in [-0.2, 0) is 43.2 Å². The minimum Gasteiger partial charge on any atom is -0.443 e. The monoisotopic (exact) mass is 711 g/mol. The molecule has 1 N–H and O–H groups in total. The fraction of sp³-hybridized carbons (Fsp3) is 0.825. The van der Waals surface area contributed by atoms with Crippen LogP contribution in [0, 0.1) is 54.3 Å². The van der Waals surface area contributed by atoms with Gasteiger partial charge in [0.05, 0.1) is 6.10 Å². The lowest BCUT2D eigenvalue weighted by molar-refractivity contribution is -0.573. The molecule has 4 bridgehead atoms. The first kappa shape index (κ1) is 34.9. The standard InChI is InChI=1S/C40H57NO10/c1-21-8-12-26(13-9-21)41-36(42)44-32(33-25(5)30-15-11-23(3)28-17-19-38(7)47-35(45-33)40(28,30)51-49-38)20-31-24(4)29-14-10-22(2)27-16-18-37(6)46-34(43-31)39(27,29)50-48-37/h8-9,12-13,22-25,27-35H,10-11,14-20H2,1-7H3,(H,41,42)/t22-,23-,24-,25-,27+,28+,29+,30+,31-,32+,33?,34-,35-,37+,38+,39-,40-/m1/s1. The van der Waals surface area contributed by atoms with Gasteiger partial charge in [-0.3, -0.25) is 5.32 Å². The van der Waals surface area contributed by atoms with E-state index in [2.05, 4.69) is 33.0 Å². The van der Waals surface area contributed by atoms with Crippen LogP contribution in [0.25, 0.3) is 0 Å². The summed E-state index contributed by atoms with van der Waals surface area (Å²) in [5.74, 6) is -0.0221. The molecule has 282 valence electrons. The van der Waals surface area contributed by atoms with E-state index in [4.69, 9.17) is 43.2 Å². The molecule has 10 aliphatic rings. The van der Waals surface area contributed by atoms with Crippen LogP contribution in [0.2, 0.25) is 0 Å². The minimum absolute atomic E-state index is 0.0194. The SMILES string of the molecule is Cc1ccc(NC(=O)O[C@@H](C[C@H]2O[C@@H]3O[C@]4(C)CC[C@H]5[C@H](C)CC[C@@H]([C@H]2C)[C@@]35OO4)C2O[C@@H]3O[C@]4(C)CC[C@H]5[C@H](C)CC[C@@H]([C@H]2C)[C@@]35OO4)cc1. The van der Waals surface area contributed by atoms with Gasteiger partial charge in [-0.2, -0.15) is 0 Å². The molecule has 2 aliphatic carbocycles. The number of rotatable bonds is 5. The molecular weight excluding hydrogens is 654 g/mol.